The largest absolute Gasteiger partial charge is 0.454 e. The molecule has 0 fully saturated rings. The van der Waals surface area contributed by atoms with Crippen molar-refractivity contribution in [3.05, 3.63) is 65.2 Å². The number of hydrogen-bond donors (Lipinski definition) is 0. The summed E-state index contributed by atoms with van der Waals surface area (Å²) < 4.78 is 10.7. The SMILES string of the molecule is CN(Cc1ccc2c(c1)OCO2)C(=O)Cc1csc(-c2ccccc2)n1. The zero-order valence-electron chi connectivity index (χ0n) is 14.3. The van der Waals surface area contributed by atoms with Crippen molar-refractivity contribution in [1.29, 1.82) is 0 Å². The zero-order valence-corrected chi connectivity index (χ0v) is 15.2. The second-order valence-corrected chi connectivity index (χ2v) is 6.98. The van der Waals surface area contributed by atoms with Crippen LogP contribution in [0.15, 0.2) is 53.9 Å². The van der Waals surface area contributed by atoms with Crippen LogP contribution in [0.1, 0.15) is 11.3 Å². The van der Waals surface area contributed by atoms with Crippen LogP contribution in [-0.4, -0.2) is 29.6 Å². The van der Waals surface area contributed by atoms with E-state index in [0.29, 0.717) is 13.0 Å². The summed E-state index contributed by atoms with van der Waals surface area (Å²) in [7, 11) is 1.80. The summed E-state index contributed by atoms with van der Waals surface area (Å²) in [6.45, 7) is 0.770. The first-order valence-corrected chi connectivity index (χ1v) is 9.19. The van der Waals surface area contributed by atoms with Crippen molar-refractivity contribution in [3.8, 4) is 22.1 Å². The van der Waals surface area contributed by atoms with E-state index in [9.17, 15) is 4.79 Å². The van der Waals surface area contributed by atoms with Gasteiger partial charge < -0.3 is 14.4 Å². The Morgan fingerprint density at radius 3 is 2.81 bits per heavy atom. The van der Waals surface area contributed by atoms with Crippen molar-refractivity contribution >= 4 is 17.2 Å². The van der Waals surface area contributed by atoms with Gasteiger partial charge in [-0.05, 0) is 17.7 Å². The molecule has 6 heteroatoms. The Bertz CT molecular complexity index is 924. The molecule has 2 heterocycles. The second kappa shape index (κ2) is 7.17. The molecule has 0 aliphatic carbocycles. The van der Waals surface area contributed by atoms with E-state index >= 15 is 0 Å². The Hall–Kier alpha value is -2.86. The Morgan fingerprint density at radius 1 is 1.15 bits per heavy atom. The molecule has 5 nitrogen and oxygen atoms in total. The molecule has 0 saturated carbocycles. The summed E-state index contributed by atoms with van der Waals surface area (Å²) >= 11 is 1.56. The number of rotatable bonds is 5. The fourth-order valence-electron chi connectivity index (χ4n) is 2.79. The number of thiazole rings is 1. The minimum absolute atomic E-state index is 0.0348. The van der Waals surface area contributed by atoms with E-state index in [4.69, 9.17) is 9.47 Å². The lowest BCUT2D eigenvalue weighted by Crippen LogP contribution is -2.27. The van der Waals surface area contributed by atoms with Gasteiger partial charge in [0.1, 0.15) is 5.01 Å². The van der Waals surface area contributed by atoms with Gasteiger partial charge in [-0.2, -0.15) is 0 Å². The first-order chi connectivity index (χ1) is 12.7. The maximum absolute atomic E-state index is 12.5. The van der Waals surface area contributed by atoms with Crippen LogP contribution < -0.4 is 9.47 Å². The molecule has 0 atom stereocenters. The van der Waals surface area contributed by atoms with Gasteiger partial charge in [0.2, 0.25) is 12.7 Å². The number of ether oxygens (including phenoxy) is 2. The molecular formula is C20H18N2O3S. The van der Waals surface area contributed by atoms with Crippen LogP contribution in [0, 0.1) is 0 Å². The van der Waals surface area contributed by atoms with Gasteiger partial charge in [0, 0.05) is 24.5 Å². The average Bonchev–Trinajstić information content (AvgIpc) is 3.31. The lowest BCUT2D eigenvalue weighted by atomic mass is 10.2. The van der Waals surface area contributed by atoms with Gasteiger partial charge in [-0.1, -0.05) is 36.4 Å². The molecule has 0 saturated heterocycles. The number of amides is 1. The summed E-state index contributed by atoms with van der Waals surface area (Å²) in [6.07, 6.45) is 0.296. The Morgan fingerprint density at radius 2 is 1.96 bits per heavy atom. The second-order valence-electron chi connectivity index (χ2n) is 6.12. The lowest BCUT2D eigenvalue weighted by Gasteiger charge is -2.17. The van der Waals surface area contributed by atoms with Crippen molar-refractivity contribution < 1.29 is 14.3 Å². The molecule has 0 N–H and O–H groups in total. The van der Waals surface area contributed by atoms with Crippen LogP contribution in [0.25, 0.3) is 10.6 Å². The number of carbonyl (C=O) groups is 1. The minimum atomic E-state index is 0.0348. The summed E-state index contributed by atoms with van der Waals surface area (Å²) in [5, 5.41) is 2.89. The van der Waals surface area contributed by atoms with E-state index in [2.05, 4.69) is 4.98 Å². The fourth-order valence-corrected chi connectivity index (χ4v) is 3.62. The third-order valence-corrected chi connectivity index (χ3v) is 5.13. The highest BCUT2D eigenvalue weighted by Crippen LogP contribution is 2.32. The lowest BCUT2D eigenvalue weighted by molar-refractivity contribution is -0.129. The van der Waals surface area contributed by atoms with Crippen LogP contribution in [0.4, 0.5) is 0 Å². The topological polar surface area (TPSA) is 51.7 Å². The van der Waals surface area contributed by atoms with Gasteiger partial charge in [0.25, 0.3) is 0 Å². The van der Waals surface area contributed by atoms with Crippen molar-refractivity contribution in [2.24, 2.45) is 0 Å². The number of benzene rings is 2. The number of hydrogen-bond acceptors (Lipinski definition) is 5. The van der Waals surface area contributed by atoms with Crippen LogP contribution in [-0.2, 0) is 17.8 Å². The van der Waals surface area contributed by atoms with Gasteiger partial charge in [-0.3, -0.25) is 4.79 Å². The average molecular weight is 366 g/mol. The van der Waals surface area contributed by atoms with Crippen molar-refractivity contribution in [2.75, 3.05) is 13.8 Å². The van der Waals surface area contributed by atoms with E-state index in [1.54, 1.807) is 23.3 Å². The molecular weight excluding hydrogens is 348 g/mol. The molecule has 1 aliphatic heterocycles. The molecule has 1 aliphatic rings. The predicted octanol–water partition coefficient (Wildman–Crippen LogP) is 3.74. The van der Waals surface area contributed by atoms with Gasteiger partial charge in [-0.15, -0.1) is 11.3 Å². The van der Waals surface area contributed by atoms with E-state index in [1.165, 1.54) is 0 Å². The van der Waals surface area contributed by atoms with E-state index < -0.39 is 0 Å². The number of likely N-dealkylation sites (N-methyl/N-ethyl adjacent to an activating group) is 1. The molecule has 2 aromatic carbocycles. The highest BCUT2D eigenvalue weighted by atomic mass is 32.1. The molecule has 3 aromatic rings. The third kappa shape index (κ3) is 3.55. The van der Waals surface area contributed by atoms with Crippen molar-refractivity contribution in [3.63, 3.8) is 0 Å². The Labute approximate surface area is 155 Å². The first-order valence-electron chi connectivity index (χ1n) is 8.31. The molecule has 0 bridgehead atoms. The van der Waals surface area contributed by atoms with Crippen molar-refractivity contribution in [2.45, 2.75) is 13.0 Å². The number of aromatic nitrogens is 1. The van der Waals surface area contributed by atoms with Crippen LogP contribution >= 0.6 is 11.3 Å². The monoisotopic (exact) mass is 366 g/mol. The van der Waals surface area contributed by atoms with Gasteiger partial charge in [-0.25, -0.2) is 4.98 Å². The molecule has 26 heavy (non-hydrogen) atoms. The Balaban J connectivity index is 1.39. The summed E-state index contributed by atoms with van der Waals surface area (Å²) in [4.78, 5) is 18.8. The number of fused-ring (bicyclic) bond motifs is 1. The first kappa shape index (κ1) is 16.6. The zero-order chi connectivity index (χ0) is 17.9. The van der Waals surface area contributed by atoms with Crippen LogP contribution in [0.3, 0.4) is 0 Å². The number of nitrogens with zero attached hydrogens (tertiary/aromatic N) is 2. The van der Waals surface area contributed by atoms with E-state index in [-0.39, 0.29) is 12.7 Å². The van der Waals surface area contributed by atoms with Crippen LogP contribution in [0.5, 0.6) is 11.5 Å². The standard InChI is InChI=1S/C20H18N2O3S/c1-22(11-14-7-8-17-18(9-14)25-13-24-17)19(23)10-16-12-26-20(21-16)15-5-3-2-4-6-15/h2-9,12H,10-11,13H2,1H3. The predicted molar refractivity (Wildman–Crippen MR) is 100 cm³/mol. The maximum Gasteiger partial charge on any atom is 0.231 e. The quantitative estimate of drug-likeness (QED) is 0.690. The highest BCUT2D eigenvalue weighted by Gasteiger charge is 2.16. The van der Waals surface area contributed by atoms with Gasteiger partial charge >= 0.3 is 0 Å². The fraction of sp³-hybridized carbons (Fsp3) is 0.200. The van der Waals surface area contributed by atoms with Crippen molar-refractivity contribution in [1.82, 2.24) is 9.88 Å². The highest BCUT2D eigenvalue weighted by molar-refractivity contribution is 7.13. The third-order valence-electron chi connectivity index (χ3n) is 4.19. The van der Waals surface area contributed by atoms with Gasteiger partial charge in [0.15, 0.2) is 11.5 Å². The van der Waals surface area contributed by atoms with Crippen LogP contribution in [0.2, 0.25) is 0 Å². The van der Waals surface area contributed by atoms with Gasteiger partial charge in [0.05, 0.1) is 12.1 Å². The molecule has 0 radical (unpaired) electrons. The minimum Gasteiger partial charge on any atom is -0.454 e. The number of carbonyl (C=O) groups excluding carboxylic acids is 1. The van der Waals surface area contributed by atoms with E-state index in [0.717, 1.165) is 33.3 Å². The molecule has 1 aromatic heterocycles. The van der Waals surface area contributed by atoms with E-state index in [1.807, 2.05) is 53.9 Å². The summed E-state index contributed by atoms with van der Waals surface area (Å²) in [5.74, 6) is 1.52. The molecule has 1 amide bonds. The Kier molecular flexibility index (Phi) is 4.58. The summed E-state index contributed by atoms with van der Waals surface area (Å²) in [5.41, 5.74) is 2.88. The smallest absolute Gasteiger partial charge is 0.231 e. The normalized spacial score (nSPS) is 12.2. The molecule has 132 valence electrons. The molecule has 4 rings (SSSR count). The summed E-state index contributed by atoms with van der Waals surface area (Å²) in [6, 6.07) is 15.7. The molecule has 0 unspecified atom stereocenters. The maximum atomic E-state index is 12.5. The molecule has 0 spiro atoms.